The van der Waals surface area contributed by atoms with Gasteiger partial charge in [-0.3, -0.25) is 0 Å². The van der Waals surface area contributed by atoms with E-state index in [0.717, 1.165) is 31.1 Å². The first-order chi connectivity index (χ1) is 8.63. The van der Waals surface area contributed by atoms with Gasteiger partial charge in [0.25, 0.3) is 0 Å². The Morgan fingerprint density at radius 2 is 2.22 bits per heavy atom. The number of imidazole rings is 1. The van der Waals surface area contributed by atoms with Crippen LogP contribution in [0.4, 0.5) is 0 Å². The van der Waals surface area contributed by atoms with Gasteiger partial charge in [0.2, 0.25) is 0 Å². The fourth-order valence-electron chi connectivity index (χ4n) is 3.00. The van der Waals surface area contributed by atoms with Crippen LogP contribution in [0.1, 0.15) is 51.4 Å². The van der Waals surface area contributed by atoms with E-state index in [9.17, 15) is 0 Å². The van der Waals surface area contributed by atoms with E-state index in [0.29, 0.717) is 0 Å². The quantitative estimate of drug-likeness (QED) is 0.894. The minimum Gasteiger partial charge on any atom is -0.376 e. The number of hydrogen-bond donors (Lipinski definition) is 1. The van der Waals surface area contributed by atoms with Crippen molar-refractivity contribution in [2.24, 2.45) is 11.7 Å². The molecular formula is C14H25N3O. The topological polar surface area (TPSA) is 53.1 Å². The third-order valence-corrected chi connectivity index (χ3v) is 4.46. The number of aromatic nitrogens is 2. The molecule has 4 heteroatoms. The molecule has 1 aromatic rings. The van der Waals surface area contributed by atoms with E-state index in [-0.39, 0.29) is 11.6 Å². The highest BCUT2D eigenvalue weighted by molar-refractivity contribution is 5.08. The molecule has 0 aliphatic heterocycles. The Kier molecular flexibility index (Phi) is 4.07. The standard InChI is InChI=1S/C14H25N3O/c1-4-17-10-9-16-13(17)12(15)14(18-3)7-5-11(2)6-8-14/h9-12H,4-8,15H2,1-3H3. The van der Waals surface area contributed by atoms with Gasteiger partial charge in [0.15, 0.2) is 0 Å². The number of methoxy groups -OCH3 is 1. The summed E-state index contributed by atoms with van der Waals surface area (Å²) < 4.78 is 7.95. The van der Waals surface area contributed by atoms with Crippen molar-refractivity contribution in [1.29, 1.82) is 0 Å². The molecule has 1 aromatic heterocycles. The van der Waals surface area contributed by atoms with Gasteiger partial charge in [0.05, 0.1) is 11.6 Å². The van der Waals surface area contributed by atoms with Crippen molar-refractivity contribution >= 4 is 0 Å². The molecule has 18 heavy (non-hydrogen) atoms. The maximum atomic E-state index is 6.47. The van der Waals surface area contributed by atoms with E-state index in [2.05, 4.69) is 23.4 Å². The molecule has 0 radical (unpaired) electrons. The Labute approximate surface area is 110 Å². The van der Waals surface area contributed by atoms with Crippen LogP contribution in [0.3, 0.4) is 0 Å². The lowest BCUT2D eigenvalue weighted by Crippen LogP contribution is -2.46. The van der Waals surface area contributed by atoms with Crippen LogP contribution in [0.15, 0.2) is 12.4 Å². The second-order valence-electron chi connectivity index (χ2n) is 5.50. The van der Waals surface area contributed by atoms with Gasteiger partial charge in [-0.25, -0.2) is 4.98 Å². The van der Waals surface area contributed by atoms with Gasteiger partial charge < -0.3 is 15.0 Å². The van der Waals surface area contributed by atoms with Crippen molar-refractivity contribution in [1.82, 2.24) is 9.55 Å². The van der Waals surface area contributed by atoms with Crippen LogP contribution in [-0.2, 0) is 11.3 Å². The van der Waals surface area contributed by atoms with Crippen LogP contribution < -0.4 is 5.73 Å². The summed E-state index contributed by atoms with van der Waals surface area (Å²) in [7, 11) is 1.79. The molecule has 102 valence electrons. The lowest BCUT2D eigenvalue weighted by atomic mass is 9.75. The van der Waals surface area contributed by atoms with Gasteiger partial charge in [0.1, 0.15) is 5.82 Å². The van der Waals surface area contributed by atoms with E-state index in [1.807, 2.05) is 12.4 Å². The summed E-state index contributed by atoms with van der Waals surface area (Å²) in [6.07, 6.45) is 8.26. The molecule has 1 heterocycles. The molecule has 0 bridgehead atoms. The third kappa shape index (κ3) is 2.31. The highest BCUT2D eigenvalue weighted by Gasteiger charge is 2.42. The lowest BCUT2D eigenvalue weighted by Gasteiger charge is -2.42. The zero-order chi connectivity index (χ0) is 13.2. The lowest BCUT2D eigenvalue weighted by molar-refractivity contribution is -0.0695. The maximum Gasteiger partial charge on any atom is 0.128 e. The highest BCUT2D eigenvalue weighted by atomic mass is 16.5. The second-order valence-corrected chi connectivity index (χ2v) is 5.50. The first kappa shape index (κ1) is 13.6. The fraction of sp³-hybridized carbons (Fsp3) is 0.786. The number of nitrogens with zero attached hydrogens (tertiary/aromatic N) is 2. The monoisotopic (exact) mass is 251 g/mol. The van der Waals surface area contributed by atoms with Crippen molar-refractivity contribution in [3.63, 3.8) is 0 Å². The minimum absolute atomic E-state index is 0.134. The summed E-state index contributed by atoms with van der Waals surface area (Å²) in [6.45, 7) is 5.32. The molecule has 0 spiro atoms. The number of nitrogens with two attached hydrogens (primary N) is 1. The largest absolute Gasteiger partial charge is 0.376 e. The smallest absolute Gasteiger partial charge is 0.128 e. The average Bonchev–Trinajstić information content (AvgIpc) is 2.87. The molecule has 1 fully saturated rings. The molecule has 1 saturated carbocycles. The molecule has 1 atom stereocenters. The molecule has 1 aliphatic rings. The molecule has 2 rings (SSSR count). The van der Waals surface area contributed by atoms with Gasteiger partial charge in [0, 0.05) is 26.0 Å². The van der Waals surface area contributed by atoms with E-state index < -0.39 is 0 Å². The minimum atomic E-state index is -0.231. The van der Waals surface area contributed by atoms with Crippen molar-refractivity contribution in [2.75, 3.05) is 7.11 Å². The van der Waals surface area contributed by atoms with Crippen LogP contribution in [0, 0.1) is 5.92 Å². The van der Waals surface area contributed by atoms with Crippen LogP contribution in [0.25, 0.3) is 0 Å². The summed E-state index contributed by atoms with van der Waals surface area (Å²) >= 11 is 0. The predicted octanol–water partition coefficient (Wildman–Crippen LogP) is 2.50. The van der Waals surface area contributed by atoms with E-state index in [1.165, 1.54) is 12.8 Å². The van der Waals surface area contributed by atoms with Gasteiger partial charge in [-0.05, 0) is 38.5 Å². The van der Waals surface area contributed by atoms with E-state index >= 15 is 0 Å². The third-order valence-electron chi connectivity index (χ3n) is 4.46. The Morgan fingerprint density at radius 1 is 1.56 bits per heavy atom. The SMILES string of the molecule is CCn1ccnc1C(N)C1(OC)CCC(C)CC1. The zero-order valence-corrected chi connectivity index (χ0v) is 11.7. The molecule has 0 amide bonds. The summed E-state index contributed by atoms with van der Waals surface area (Å²) in [6, 6.07) is -0.134. The maximum absolute atomic E-state index is 6.47. The zero-order valence-electron chi connectivity index (χ0n) is 11.7. The summed E-state index contributed by atoms with van der Waals surface area (Å²) in [5.41, 5.74) is 6.24. The van der Waals surface area contributed by atoms with Crippen molar-refractivity contribution in [3.05, 3.63) is 18.2 Å². The predicted molar refractivity (Wildman–Crippen MR) is 72.2 cm³/mol. The van der Waals surface area contributed by atoms with Crippen LogP contribution in [-0.4, -0.2) is 22.3 Å². The number of ether oxygens (including phenoxy) is 1. The van der Waals surface area contributed by atoms with Gasteiger partial charge >= 0.3 is 0 Å². The second kappa shape index (κ2) is 5.41. The Bertz CT molecular complexity index is 380. The van der Waals surface area contributed by atoms with Crippen molar-refractivity contribution < 1.29 is 4.74 Å². The highest BCUT2D eigenvalue weighted by Crippen LogP contribution is 2.41. The first-order valence-corrected chi connectivity index (χ1v) is 6.94. The molecule has 1 aliphatic carbocycles. The molecular weight excluding hydrogens is 226 g/mol. The van der Waals surface area contributed by atoms with Crippen LogP contribution >= 0.6 is 0 Å². The molecule has 0 aromatic carbocycles. The van der Waals surface area contributed by atoms with Crippen molar-refractivity contribution in [3.8, 4) is 0 Å². The van der Waals surface area contributed by atoms with Crippen LogP contribution in [0.5, 0.6) is 0 Å². The summed E-state index contributed by atoms with van der Waals surface area (Å²) in [5, 5.41) is 0. The molecule has 0 saturated heterocycles. The van der Waals surface area contributed by atoms with Gasteiger partial charge in [-0.2, -0.15) is 0 Å². The van der Waals surface area contributed by atoms with Crippen LogP contribution in [0.2, 0.25) is 0 Å². The number of hydrogen-bond acceptors (Lipinski definition) is 3. The van der Waals surface area contributed by atoms with Gasteiger partial charge in [-0.15, -0.1) is 0 Å². The normalized spacial score (nSPS) is 30.3. The number of aryl methyl sites for hydroxylation is 1. The Morgan fingerprint density at radius 3 is 2.78 bits per heavy atom. The molecule has 4 nitrogen and oxygen atoms in total. The van der Waals surface area contributed by atoms with E-state index in [4.69, 9.17) is 10.5 Å². The Hall–Kier alpha value is -0.870. The summed E-state index contributed by atoms with van der Waals surface area (Å²) in [5.74, 6) is 1.74. The molecule has 2 N–H and O–H groups in total. The van der Waals surface area contributed by atoms with Gasteiger partial charge in [-0.1, -0.05) is 6.92 Å². The first-order valence-electron chi connectivity index (χ1n) is 6.94. The fourth-order valence-corrected chi connectivity index (χ4v) is 3.00. The van der Waals surface area contributed by atoms with E-state index in [1.54, 1.807) is 7.11 Å². The Balaban J connectivity index is 2.22. The molecule has 1 unspecified atom stereocenters. The number of rotatable bonds is 4. The summed E-state index contributed by atoms with van der Waals surface area (Å²) in [4.78, 5) is 4.43. The van der Waals surface area contributed by atoms with Crippen molar-refractivity contribution in [2.45, 2.75) is 57.7 Å². The average molecular weight is 251 g/mol.